The van der Waals surface area contributed by atoms with Crippen molar-refractivity contribution in [3.63, 3.8) is 0 Å². The number of hydrogen-bond acceptors (Lipinski definition) is 5. The van der Waals surface area contributed by atoms with Crippen molar-refractivity contribution in [1.82, 2.24) is 9.97 Å². The number of aromatic nitrogens is 2. The average Bonchev–Trinajstić information content (AvgIpc) is 2.21. The minimum absolute atomic E-state index is 0.110. The van der Waals surface area contributed by atoms with Crippen LogP contribution < -0.4 is 5.32 Å². The molecule has 0 aromatic carbocycles. The molecule has 0 saturated carbocycles. The molecule has 17 heavy (non-hydrogen) atoms. The lowest BCUT2D eigenvalue weighted by Gasteiger charge is -2.28. The first-order valence-electron chi connectivity index (χ1n) is 4.83. The molecular weight excluding hydrogens is 255 g/mol. The van der Waals surface area contributed by atoms with Gasteiger partial charge >= 0.3 is 6.18 Å². The zero-order valence-corrected chi connectivity index (χ0v) is 9.73. The summed E-state index contributed by atoms with van der Waals surface area (Å²) >= 11 is 1.19. The van der Waals surface area contributed by atoms with Crippen molar-refractivity contribution in [2.45, 2.75) is 17.4 Å². The Morgan fingerprint density at radius 1 is 1.47 bits per heavy atom. The van der Waals surface area contributed by atoms with E-state index in [1.54, 1.807) is 6.26 Å². The van der Waals surface area contributed by atoms with Crippen LogP contribution in [0.1, 0.15) is 5.56 Å². The van der Waals surface area contributed by atoms with Crippen LogP contribution in [0.2, 0.25) is 0 Å². The summed E-state index contributed by atoms with van der Waals surface area (Å²) in [5.41, 5.74) is -0.845. The predicted octanol–water partition coefficient (Wildman–Crippen LogP) is 2.03. The Labute approximate surface area is 100.0 Å². The molecule has 2 heterocycles. The highest BCUT2D eigenvalue weighted by Gasteiger charge is 2.36. The van der Waals surface area contributed by atoms with Gasteiger partial charge < -0.3 is 10.1 Å². The molecule has 1 aromatic heterocycles. The Morgan fingerprint density at radius 2 is 2.18 bits per heavy atom. The molecule has 4 nitrogen and oxygen atoms in total. The van der Waals surface area contributed by atoms with E-state index in [-0.39, 0.29) is 11.9 Å². The molecule has 0 bridgehead atoms. The fourth-order valence-corrected chi connectivity index (χ4v) is 1.63. The van der Waals surface area contributed by atoms with Gasteiger partial charge in [0.1, 0.15) is 11.4 Å². The topological polar surface area (TPSA) is 47.0 Å². The summed E-state index contributed by atoms with van der Waals surface area (Å²) in [6.07, 6.45) is -1.94. The van der Waals surface area contributed by atoms with Gasteiger partial charge in [-0.05, 0) is 6.26 Å². The number of thioether (sulfide) groups is 1. The van der Waals surface area contributed by atoms with Gasteiger partial charge in [-0.1, -0.05) is 11.8 Å². The first-order chi connectivity index (χ1) is 8.00. The molecule has 2 rings (SSSR count). The van der Waals surface area contributed by atoms with Crippen molar-refractivity contribution in [3.05, 3.63) is 11.8 Å². The van der Waals surface area contributed by atoms with E-state index in [2.05, 4.69) is 15.3 Å². The monoisotopic (exact) mass is 265 g/mol. The highest BCUT2D eigenvalue weighted by molar-refractivity contribution is 7.98. The normalized spacial score (nSPS) is 16.7. The van der Waals surface area contributed by atoms with Crippen molar-refractivity contribution in [2.24, 2.45) is 0 Å². The van der Waals surface area contributed by atoms with Gasteiger partial charge in [0.05, 0.1) is 19.3 Å². The molecule has 8 heteroatoms. The van der Waals surface area contributed by atoms with E-state index in [4.69, 9.17) is 4.74 Å². The molecule has 0 radical (unpaired) electrons. The molecule has 0 amide bonds. The van der Waals surface area contributed by atoms with Gasteiger partial charge in [0, 0.05) is 6.20 Å². The van der Waals surface area contributed by atoms with Crippen LogP contribution in [0.4, 0.5) is 19.0 Å². The van der Waals surface area contributed by atoms with Crippen LogP contribution in [0.25, 0.3) is 0 Å². The molecule has 94 valence electrons. The lowest BCUT2D eigenvalue weighted by atomic mass is 10.2. The second kappa shape index (κ2) is 4.69. The van der Waals surface area contributed by atoms with Crippen molar-refractivity contribution in [3.8, 4) is 0 Å². The van der Waals surface area contributed by atoms with Gasteiger partial charge in [-0.25, -0.2) is 9.97 Å². The van der Waals surface area contributed by atoms with E-state index in [1.807, 2.05) is 0 Å². The Balaban J connectivity index is 2.29. The number of halogens is 3. The van der Waals surface area contributed by atoms with Crippen LogP contribution in [-0.2, 0) is 10.9 Å². The summed E-state index contributed by atoms with van der Waals surface area (Å²) in [6, 6.07) is -0.110. The SMILES string of the molecule is CSc1ncc(C(F)(F)F)c(NC2COC2)n1. The van der Waals surface area contributed by atoms with Crippen LogP contribution in [0, 0.1) is 0 Å². The van der Waals surface area contributed by atoms with Gasteiger partial charge in [0.25, 0.3) is 0 Å². The van der Waals surface area contributed by atoms with Crippen LogP contribution in [0.5, 0.6) is 0 Å². The molecule has 1 aromatic rings. The lowest BCUT2D eigenvalue weighted by molar-refractivity contribution is -0.137. The minimum atomic E-state index is -4.45. The van der Waals surface area contributed by atoms with Gasteiger partial charge in [-0.2, -0.15) is 13.2 Å². The number of nitrogens with zero attached hydrogens (tertiary/aromatic N) is 2. The zero-order chi connectivity index (χ0) is 12.5. The van der Waals surface area contributed by atoms with Crippen molar-refractivity contribution in [1.29, 1.82) is 0 Å². The zero-order valence-electron chi connectivity index (χ0n) is 8.91. The Hall–Kier alpha value is -1.02. The third-order valence-corrected chi connectivity index (χ3v) is 2.80. The predicted molar refractivity (Wildman–Crippen MR) is 57.0 cm³/mol. The molecular formula is C9H10F3N3OS. The highest BCUT2D eigenvalue weighted by Crippen LogP contribution is 2.34. The van der Waals surface area contributed by atoms with Crippen LogP contribution in [0.15, 0.2) is 11.4 Å². The number of alkyl halides is 3. The molecule has 1 aliphatic rings. The van der Waals surface area contributed by atoms with Crippen molar-refractivity contribution < 1.29 is 17.9 Å². The third kappa shape index (κ3) is 2.81. The number of hydrogen-bond donors (Lipinski definition) is 1. The van der Waals surface area contributed by atoms with E-state index < -0.39 is 11.7 Å². The fraction of sp³-hybridized carbons (Fsp3) is 0.556. The van der Waals surface area contributed by atoms with E-state index in [0.717, 1.165) is 6.20 Å². The summed E-state index contributed by atoms with van der Waals surface area (Å²) in [5.74, 6) is -0.176. The fourth-order valence-electron chi connectivity index (χ4n) is 1.29. The van der Waals surface area contributed by atoms with E-state index >= 15 is 0 Å². The van der Waals surface area contributed by atoms with Gasteiger partial charge in [0.15, 0.2) is 5.16 Å². The van der Waals surface area contributed by atoms with Gasteiger partial charge in [0.2, 0.25) is 0 Å². The first-order valence-corrected chi connectivity index (χ1v) is 6.05. The number of ether oxygens (including phenoxy) is 1. The summed E-state index contributed by atoms with van der Waals surface area (Å²) in [6.45, 7) is 0.797. The standard InChI is InChI=1S/C9H10F3N3OS/c1-17-8-13-2-6(9(10,11)12)7(15-8)14-5-3-16-4-5/h2,5H,3-4H2,1H3,(H,13,14,15). The smallest absolute Gasteiger partial charge is 0.377 e. The van der Waals surface area contributed by atoms with E-state index in [9.17, 15) is 13.2 Å². The molecule has 0 unspecified atom stereocenters. The minimum Gasteiger partial charge on any atom is -0.377 e. The molecule has 1 N–H and O–H groups in total. The second-order valence-corrected chi connectivity index (χ2v) is 4.27. The maximum Gasteiger partial charge on any atom is 0.421 e. The third-order valence-electron chi connectivity index (χ3n) is 2.23. The summed E-state index contributed by atoms with van der Waals surface area (Å²) in [5, 5.41) is 3.03. The maximum atomic E-state index is 12.7. The summed E-state index contributed by atoms with van der Waals surface area (Å²) < 4.78 is 43.0. The number of anilines is 1. The summed E-state index contributed by atoms with van der Waals surface area (Å²) in [7, 11) is 0. The lowest BCUT2D eigenvalue weighted by Crippen LogP contribution is -2.41. The highest BCUT2D eigenvalue weighted by atomic mass is 32.2. The van der Waals surface area contributed by atoms with Crippen LogP contribution in [0.3, 0.4) is 0 Å². The Kier molecular flexibility index (Phi) is 3.43. The van der Waals surface area contributed by atoms with Gasteiger partial charge in [-0.15, -0.1) is 0 Å². The van der Waals surface area contributed by atoms with Crippen LogP contribution >= 0.6 is 11.8 Å². The second-order valence-electron chi connectivity index (χ2n) is 3.50. The Morgan fingerprint density at radius 3 is 2.65 bits per heavy atom. The van der Waals surface area contributed by atoms with Crippen LogP contribution in [-0.4, -0.2) is 35.5 Å². The average molecular weight is 265 g/mol. The molecule has 1 aliphatic heterocycles. The Bertz CT molecular complexity index is 409. The first kappa shape index (κ1) is 12.4. The van der Waals surface area contributed by atoms with Crippen molar-refractivity contribution in [2.75, 3.05) is 24.8 Å². The van der Waals surface area contributed by atoms with E-state index in [0.29, 0.717) is 18.4 Å². The molecule has 0 spiro atoms. The maximum absolute atomic E-state index is 12.7. The number of nitrogens with one attached hydrogen (secondary N) is 1. The molecule has 0 atom stereocenters. The molecule has 1 saturated heterocycles. The summed E-state index contributed by atoms with van der Waals surface area (Å²) in [4.78, 5) is 7.48. The largest absolute Gasteiger partial charge is 0.421 e. The number of rotatable bonds is 3. The van der Waals surface area contributed by atoms with Crippen molar-refractivity contribution >= 4 is 17.6 Å². The molecule has 0 aliphatic carbocycles. The molecule has 1 fully saturated rings. The van der Waals surface area contributed by atoms with Gasteiger partial charge in [-0.3, -0.25) is 0 Å². The quantitative estimate of drug-likeness (QED) is 0.669. The van der Waals surface area contributed by atoms with E-state index in [1.165, 1.54) is 11.8 Å².